The van der Waals surface area contributed by atoms with Gasteiger partial charge < -0.3 is 16.0 Å². The van der Waals surface area contributed by atoms with Crippen LogP contribution in [0.25, 0.3) is 33.2 Å². The van der Waals surface area contributed by atoms with Crippen molar-refractivity contribution in [2.45, 2.75) is 6.54 Å². The topological polar surface area (TPSA) is 108 Å². The van der Waals surface area contributed by atoms with Gasteiger partial charge in [-0.05, 0) is 25.2 Å². The van der Waals surface area contributed by atoms with Crippen molar-refractivity contribution in [1.82, 2.24) is 30.5 Å². The van der Waals surface area contributed by atoms with Crippen LogP contribution in [0.4, 0.5) is 5.82 Å². The highest BCUT2D eigenvalue weighted by molar-refractivity contribution is 6.06. The Bertz CT molecular complexity index is 953. The van der Waals surface area contributed by atoms with Crippen LogP contribution in [-0.4, -0.2) is 32.2 Å². The van der Waals surface area contributed by atoms with E-state index in [1.807, 2.05) is 31.3 Å². The molecule has 0 unspecified atom stereocenters. The number of aromatic amines is 2. The van der Waals surface area contributed by atoms with Crippen LogP contribution in [0.3, 0.4) is 0 Å². The molecule has 22 heavy (non-hydrogen) atoms. The zero-order valence-corrected chi connectivity index (χ0v) is 12.0. The van der Waals surface area contributed by atoms with E-state index in [1.165, 1.54) is 0 Å². The maximum atomic E-state index is 6.06. The van der Waals surface area contributed by atoms with E-state index in [0.29, 0.717) is 17.9 Å². The van der Waals surface area contributed by atoms with Gasteiger partial charge in [-0.25, -0.2) is 9.97 Å². The molecular weight excluding hydrogens is 278 g/mol. The minimum absolute atomic E-state index is 0.431. The molecule has 0 aliphatic heterocycles. The quantitative estimate of drug-likeness (QED) is 0.460. The SMILES string of the molecule is CNCc1nc2c(N)nc3cc(-c4cc[nH]n4)ccc3c2[nH]1. The highest BCUT2D eigenvalue weighted by Gasteiger charge is 2.12. The molecule has 4 aromatic rings. The lowest BCUT2D eigenvalue weighted by atomic mass is 10.1. The predicted molar refractivity (Wildman–Crippen MR) is 86.2 cm³/mol. The smallest absolute Gasteiger partial charge is 0.152 e. The van der Waals surface area contributed by atoms with Gasteiger partial charge in [0.05, 0.1) is 23.3 Å². The summed E-state index contributed by atoms with van der Waals surface area (Å²) in [6.07, 6.45) is 1.80. The lowest BCUT2D eigenvalue weighted by Crippen LogP contribution is -2.06. The monoisotopic (exact) mass is 293 g/mol. The molecule has 7 heteroatoms. The number of hydrogen-bond donors (Lipinski definition) is 4. The van der Waals surface area contributed by atoms with Gasteiger partial charge in [0, 0.05) is 17.1 Å². The number of benzene rings is 1. The normalized spacial score (nSPS) is 11.5. The van der Waals surface area contributed by atoms with Gasteiger partial charge in [0.25, 0.3) is 0 Å². The van der Waals surface area contributed by atoms with Crippen molar-refractivity contribution < 1.29 is 0 Å². The Kier molecular flexibility index (Phi) is 2.80. The second-order valence-electron chi connectivity index (χ2n) is 5.13. The Hall–Kier alpha value is -2.93. The van der Waals surface area contributed by atoms with Gasteiger partial charge in [-0.1, -0.05) is 6.07 Å². The summed E-state index contributed by atoms with van der Waals surface area (Å²) < 4.78 is 0. The van der Waals surface area contributed by atoms with E-state index in [-0.39, 0.29) is 0 Å². The fourth-order valence-electron chi connectivity index (χ4n) is 2.65. The van der Waals surface area contributed by atoms with E-state index >= 15 is 0 Å². The number of imidazole rings is 1. The van der Waals surface area contributed by atoms with Crippen molar-refractivity contribution in [3.8, 4) is 11.3 Å². The first-order valence-corrected chi connectivity index (χ1v) is 6.99. The first-order chi connectivity index (χ1) is 10.8. The fraction of sp³-hybridized carbons (Fsp3) is 0.133. The number of rotatable bonds is 3. The number of nitrogens with one attached hydrogen (secondary N) is 3. The van der Waals surface area contributed by atoms with Crippen LogP contribution in [0.1, 0.15) is 5.82 Å². The van der Waals surface area contributed by atoms with Crippen LogP contribution in [0.2, 0.25) is 0 Å². The summed E-state index contributed by atoms with van der Waals surface area (Å²) in [6.45, 7) is 0.654. The van der Waals surface area contributed by atoms with Crippen molar-refractivity contribution in [3.63, 3.8) is 0 Å². The summed E-state index contributed by atoms with van der Waals surface area (Å²) in [5, 5.41) is 11.1. The molecular formula is C15H15N7. The molecule has 5 N–H and O–H groups in total. The van der Waals surface area contributed by atoms with E-state index in [9.17, 15) is 0 Å². The molecule has 3 heterocycles. The third kappa shape index (κ3) is 1.91. The van der Waals surface area contributed by atoms with Gasteiger partial charge in [-0.2, -0.15) is 5.10 Å². The maximum absolute atomic E-state index is 6.06. The molecule has 0 saturated heterocycles. The van der Waals surface area contributed by atoms with E-state index in [4.69, 9.17) is 5.73 Å². The van der Waals surface area contributed by atoms with E-state index < -0.39 is 0 Å². The Balaban J connectivity index is 1.96. The number of pyridine rings is 1. The van der Waals surface area contributed by atoms with Crippen LogP contribution in [0, 0.1) is 0 Å². The molecule has 0 radical (unpaired) electrons. The maximum Gasteiger partial charge on any atom is 0.152 e. The lowest BCUT2D eigenvalue weighted by Gasteiger charge is -2.03. The van der Waals surface area contributed by atoms with Crippen LogP contribution < -0.4 is 11.1 Å². The summed E-state index contributed by atoms with van der Waals surface area (Å²) in [7, 11) is 1.88. The largest absolute Gasteiger partial charge is 0.382 e. The van der Waals surface area contributed by atoms with Gasteiger partial charge in [-0.3, -0.25) is 5.10 Å². The Morgan fingerprint density at radius 2 is 2.14 bits per heavy atom. The molecule has 1 aromatic carbocycles. The van der Waals surface area contributed by atoms with Crippen LogP contribution >= 0.6 is 0 Å². The summed E-state index contributed by atoms with van der Waals surface area (Å²) in [5.41, 5.74) is 10.4. The first kappa shape index (κ1) is 12.8. The highest BCUT2D eigenvalue weighted by Crippen LogP contribution is 2.29. The second kappa shape index (κ2) is 4.81. The minimum atomic E-state index is 0.431. The number of hydrogen-bond acceptors (Lipinski definition) is 5. The van der Waals surface area contributed by atoms with Gasteiger partial charge in [0.1, 0.15) is 11.3 Å². The van der Waals surface area contributed by atoms with Gasteiger partial charge >= 0.3 is 0 Å². The molecule has 0 bridgehead atoms. The third-order valence-electron chi connectivity index (χ3n) is 3.64. The number of nitrogens with zero attached hydrogens (tertiary/aromatic N) is 3. The summed E-state index contributed by atoms with van der Waals surface area (Å²) in [4.78, 5) is 12.3. The number of aromatic nitrogens is 5. The number of nitrogen functional groups attached to an aromatic ring is 1. The van der Waals surface area contributed by atoms with Crippen molar-refractivity contribution in [3.05, 3.63) is 36.3 Å². The van der Waals surface area contributed by atoms with Crippen LogP contribution in [-0.2, 0) is 6.54 Å². The Morgan fingerprint density at radius 1 is 1.23 bits per heavy atom. The van der Waals surface area contributed by atoms with Gasteiger partial charge in [-0.15, -0.1) is 0 Å². The van der Waals surface area contributed by atoms with Crippen LogP contribution in [0.15, 0.2) is 30.5 Å². The second-order valence-corrected chi connectivity index (χ2v) is 5.13. The minimum Gasteiger partial charge on any atom is -0.382 e. The van der Waals surface area contributed by atoms with Gasteiger partial charge in [0.2, 0.25) is 0 Å². The molecule has 0 aliphatic rings. The summed E-state index contributed by atoms with van der Waals surface area (Å²) >= 11 is 0. The average molecular weight is 293 g/mol. The molecule has 0 atom stereocenters. The highest BCUT2D eigenvalue weighted by atomic mass is 15.1. The summed E-state index contributed by atoms with van der Waals surface area (Å²) in [6, 6.07) is 7.95. The average Bonchev–Trinajstić information content (AvgIpc) is 3.17. The lowest BCUT2D eigenvalue weighted by molar-refractivity contribution is 0.775. The molecule has 7 nitrogen and oxygen atoms in total. The molecule has 4 rings (SSSR count). The van der Waals surface area contributed by atoms with Crippen molar-refractivity contribution >= 4 is 27.8 Å². The Morgan fingerprint density at radius 3 is 2.91 bits per heavy atom. The fourth-order valence-corrected chi connectivity index (χ4v) is 2.65. The molecule has 0 spiro atoms. The van der Waals surface area contributed by atoms with E-state index in [1.54, 1.807) is 6.20 Å². The zero-order chi connectivity index (χ0) is 15.1. The molecule has 0 amide bonds. The van der Waals surface area contributed by atoms with E-state index in [2.05, 4.69) is 30.5 Å². The molecule has 0 aliphatic carbocycles. The molecule has 3 aromatic heterocycles. The number of fused-ring (bicyclic) bond motifs is 3. The number of nitrogens with two attached hydrogens (primary N) is 1. The summed E-state index contributed by atoms with van der Waals surface area (Å²) in [5.74, 6) is 1.27. The number of anilines is 1. The van der Waals surface area contributed by atoms with Crippen molar-refractivity contribution in [2.75, 3.05) is 12.8 Å². The number of H-pyrrole nitrogens is 2. The van der Waals surface area contributed by atoms with Crippen molar-refractivity contribution in [1.29, 1.82) is 0 Å². The molecule has 0 fully saturated rings. The molecule has 0 saturated carbocycles. The standard InChI is InChI=1S/C15H15N7/c1-17-7-12-20-13-9-3-2-8(10-4-5-18-22-10)6-11(9)19-15(16)14(13)21-12/h2-6,17H,7H2,1H3,(H2,16,19)(H,18,22)(H,20,21). The Labute approximate surface area is 126 Å². The molecule has 110 valence electrons. The van der Waals surface area contributed by atoms with Crippen LogP contribution in [0.5, 0.6) is 0 Å². The van der Waals surface area contributed by atoms with Crippen molar-refractivity contribution in [2.24, 2.45) is 0 Å². The zero-order valence-electron chi connectivity index (χ0n) is 12.0. The van der Waals surface area contributed by atoms with E-state index in [0.717, 1.165) is 33.5 Å². The first-order valence-electron chi connectivity index (χ1n) is 6.99. The third-order valence-corrected chi connectivity index (χ3v) is 3.64. The van der Waals surface area contributed by atoms with Gasteiger partial charge in [0.15, 0.2) is 5.82 Å². The predicted octanol–water partition coefficient (Wildman–Crippen LogP) is 1.80.